The lowest BCUT2D eigenvalue weighted by Gasteiger charge is -2.13. The molecule has 158 valence electrons. The van der Waals surface area contributed by atoms with Crippen LogP contribution < -0.4 is 21.3 Å². The van der Waals surface area contributed by atoms with E-state index in [2.05, 4.69) is 15.0 Å². The van der Waals surface area contributed by atoms with E-state index >= 15 is 0 Å². The van der Waals surface area contributed by atoms with Crippen molar-refractivity contribution >= 4 is 61.4 Å². The molecule has 3 N–H and O–H groups in total. The van der Waals surface area contributed by atoms with E-state index in [0.29, 0.717) is 10.9 Å². The third-order valence-corrected chi connectivity index (χ3v) is 5.25. The summed E-state index contributed by atoms with van der Waals surface area (Å²) in [5, 5.41) is 2.94. The van der Waals surface area contributed by atoms with Crippen LogP contribution in [-0.4, -0.2) is 30.1 Å². The lowest BCUT2D eigenvalue weighted by molar-refractivity contribution is -0.116. The first-order valence-corrected chi connectivity index (χ1v) is 11.2. The van der Waals surface area contributed by atoms with Gasteiger partial charge in [0.1, 0.15) is 0 Å². The molecule has 0 saturated carbocycles. The number of hydrogen-bond acceptors (Lipinski definition) is 5. The highest BCUT2D eigenvalue weighted by Gasteiger charge is 2.14. The molecule has 0 unspecified atom stereocenters. The number of rotatable bonds is 6. The molecule has 0 atom stereocenters. The van der Waals surface area contributed by atoms with Gasteiger partial charge in [-0.25, -0.2) is 13.2 Å². The van der Waals surface area contributed by atoms with Crippen molar-refractivity contribution in [2.75, 3.05) is 16.3 Å². The lowest BCUT2D eigenvalue weighted by Crippen LogP contribution is -2.31. The molecule has 1 heterocycles. The summed E-state index contributed by atoms with van der Waals surface area (Å²) < 4.78 is 26.3. The molecule has 9 nitrogen and oxygen atoms in total. The first-order valence-electron chi connectivity index (χ1n) is 8.54. The molecule has 1 aromatic heterocycles. The minimum Gasteiger partial charge on any atom is -0.326 e. The van der Waals surface area contributed by atoms with Crippen molar-refractivity contribution in [3.8, 4) is 0 Å². The standard InChI is InChI=1S/C18H16Cl2N4O5S/c1-30(28,29)23-16-12(19)8-10(9-13(16)20)21-15(25)6-7-24-14-5-3-2-4-11(14)17(26)22-18(24)27/h2-5,8-9,23H,6-7H2,1H3,(H,21,25)(H,22,26,27). The molecule has 3 aromatic rings. The predicted molar refractivity (Wildman–Crippen MR) is 117 cm³/mol. The third kappa shape index (κ3) is 5.02. The molecule has 0 radical (unpaired) electrons. The Labute approximate surface area is 180 Å². The van der Waals surface area contributed by atoms with Gasteiger partial charge in [0.25, 0.3) is 5.56 Å². The first-order chi connectivity index (χ1) is 14.0. The number of aromatic amines is 1. The Kier molecular flexibility index (Phi) is 6.20. The van der Waals surface area contributed by atoms with Crippen molar-refractivity contribution in [2.24, 2.45) is 0 Å². The van der Waals surface area contributed by atoms with Gasteiger partial charge in [0, 0.05) is 18.7 Å². The zero-order valence-electron chi connectivity index (χ0n) is 15.5. The maximum absolute atomic E-state index is 12.3. The van der Waals surface area contributed by atoms with E-state index in [-0.39, 0.29) is 34.4 Å². The van der Waals surface area contributed by atoms with Crippen molar-refractivity contribution < 1.29 is 13.2 Å². The summed E-state index contributed by atoms with van der Waals surface area (Å²) in [6.07, 6.45) is 0.881. The van der Waals surface area contributed by atoms with Crippen LogP contribution in [-0.2, 0) is 21.4 Å². The fourth-order valence-corrected chi connectivity index (χ4v) is 4.11. The number of nitrogens with zero attached hydrogens (tertiary/aromatic N) is 1. The Bertz CT molecular complexity index is 1340. The number of carbonyl (C=O) groups is 1. The van der Waals surface area contributed by atoms with Gasteiger partial charge in [-0.15, -0.1) is 0 Å². The number of anilines is 2. The highest BCUT2D eigenvalue weighted by atomic mass is 35.5. The number of fused-ring (bicyclic) bond motifs is 1. The minimum absolute atomic E-state index is 0.00472. The van der Waals surface area contributed by atoms with Gasteiger partial charge < -0.3 is 5.32 Å². The number of H-pyrrole nitrogens is 1. The third-order valence-electron chi connectivity index (χ3n) is 4.08. The normalized spacial score (nSPS) is 11.4. The molecule has 12 heteroatoms. The van der Waals surface area contributed by atoms with Gasteiger partial charge in [-0.05, 0) is 24.3 Å². The molecule has 0 aliphatic rings. The van der Waals surface area contributed by atoms with Gasteiger partial charge in [0.2, 0.25) is 15.9 Å². The van der Waals surface area contributed by atoms with Gasteiger partial charge in [-0.3, -0.25) is 23.9 Å². The largest absolute Gasteiger partial charge is 0.328 e. The molecule has 3 rings (SSSR count). The van der Waals surface area contributed by atoms with Crippen molar-refractivity contribution in [2.45, 2.75) is 13.0 Å². The molecule has 1 amide bonds. The van der Waals surface area contributed by atoms with Crippen molar-refractivity contribution in [1.29, 1.82) is 0 Å². The van der Waals surface area contributed by atoms with Crippen molar-refractivity contribution in [3.05, 3.63) is 67.3 Å². The Morgan fingerprint density at radius 1 is 1.13 bits per heavy atom. The lowest BCUT2D eigenvalue weighted by atomic mass is 10.2. The number of amides is 1. The minimum atomic E-state index is -3.59. The molecule has 30 heavy (non-hydrogen) atoms. The van der Waals surface area contributed by atoms with Gasteiger partial charge in [0.05, 0.1) is 32.9 Å². The van der Waals surface area contributed by atoms with E-state index in [0.717, 1.165) is 6.26 Å². The van der Waals surface area contributed by atoms with Crippen LogP contribution in [0.15, 0.2) is 46.0 Å². The number of nitrogens with one attached hydrogen (secondary N) is 3. The Morgan fingerprint density at radius 2 is 1.77 bits per heavy atom. The number of hydrogen-bond donors (Lipinski definition) is 3. The second kappa shape index (κ2) is 8.50. The van der Waals surface area contributed by atoms with Crippen molar-refractivity contribution in [1.82, 2.24) is 9.55 Å². The molecular formula is C18H16Cl2N4O5S. The summed E-state index contributed by atoms with van der Waals surface area (Å²) in [5.74, 6) is -0.437. The maximum Gasteiger partial charge on any atom is 0.328 e. The number of para-hydroxylation sites is 1. The van der Waals surface area contributed by atoms with Crippen LogP contribution >= 0.6 is 23.2 Å². The van der Waals surface area contributed by atoms with Gasteiger partial charge in [0.15, 0.2) is 0 Å². The Morgan fingerprint density at radius 3 is 2.40 bits per heavy atom. The van der Waals surface area contributed by atoms with Crippen LogP contribution in [0.3, 0.4) is 0 Å². The van der Waals surface area contributed by atoms with E-state index in [9.17, 15) is 22.8 Å². The highest BCUT2D eigenvalue weighted by Crippen LogP contribution is 2.34. The fraction of sp³-hybridized carbons (Fsp3) is 0.167. The molecule has 0 aliphatic heterocycles. The SMILES string of the molecule is CS(=O)(=O)Nc1c(Cl)cc(NC(=O)CCn2c(=O)[nH]c(=O)c3ccccc32)cc1Cl. The maximum atomic E-state index is 12.3. The number of aryl methyl sites for hydroxylation is 1. The van der Waals surface area contributed by atoms with E-state index in [1.165, 1.54) is 16.7 Å². The average Bonchev–Trinajstić information content (AvgIpc) is 2.64. The van der Waals surface area contributed by atoms with E-state index in [1.54, 1.807) is 24.3 Å². The summed E-state index contributed by atoms with van der Waals surface area (Å²) in [7, 11) is -3.59. The Balaban J connectivity index is 1.77. The highest BCUT2D eigenvalue weighted by molar-refractivity contribution is 7.92. The average molecular weight is 471 g/mol. The number of halogens is 2. The van der Waals surface area contributed by atoms with Crippen LogP contribution in [0.2, 0.25) is 10.0 Å². The summed E-state index contributed by atoms with van der Waals surface area (Å²) in [6, 6.07) is 9.26. The Hall–Kier alpha value is -2.82. The summed E-state index contributed by atoms with van der Waals surface area (Å²) >= 11 is 12.1. The fourth-order valence-electron chi connectivity index (χ4n) is 2.83. The summed E-state index contributed by atoms with van der Waals surface area (Å²) in [6.45, 7) is 0.0249. The summed E-state index contributed by atoms with van der Waals surface area (Å²) in [4.78, 5) is 38.6. The topological polar surface area (TPSA) is 130 Å². The molecule has 2 aromatic carbocycles. The molecule has 0 saturated heterocycles. The molecule has 0 bridgehead atoms. The number of carbonyl (C=O) groups excluding carboxylic acids is 1. The van der Waals surface area contributed by atoms with Crippen LogP contribution in [0.1, 0.15) is 6.42 Å². The smallest absolute Gasteiger partial charge is 0.326 e. The second-order valence-corrected chi connectivity index (χ2v) is 8.98. The van der Waals surface area contributed by atoms with E-state index in [1.807, 2.05) is 0 Å². The monoisotopic (exact) mass is 470 g/mol. The van der Waals surface area contributed by atoms with Gasteiger partial charge in [-0.2, -0.15) is 0 Å². The van der Waals surface area contributed by atoms with Crippen LogP contribution in [0.25, 0.3) is 10.9 Å². The van der Waals surface area contributed by atoms with Crippen molar-refractivity contribution in [3.63, 3.8) is 0 Å². The van der Waals surface area contributed by atoms with E-state index in [4.69, 9.17) is 23.2 Å². The van der Waals surface area contributed by atoms with E-state index < -0.39 is 27.2 Å². The number of sulfonamides is 1. The molecule has 0 aliphatic carbocycles. The van der Waals surface area contributed by atoms with Crippen LogP contribution in [0.4, 0.5) is 11.4 Å². The number of aromatic nitrogens is 2. The molecule has 0 spiro atoms. The van der Waals surface area contributed by atoms with Gasteiger partial charge >= 0.3 is 5.69 Å². The van der Waals surface area contributed by atoms with Gasteiger partial charge in [-0.1, -0.05) is 35.3 Å². The number of benzene rings is 2. The molecule has 0 fully saturated rings. The first kappa shape index (κ1) is 21.9. The zero-order chi connectivity index (χ0) is 22.1. The second-order valence-electron chi connectivity index (χ2n) is 6.42. The summed E-state index contributed by atoms with van der Waals surface area (Å²) in [5.41, 5.74) is -0.434. The zero-order valence-corrected chi connectivity index (χ0v) is 17.9. The quantitative estimate of drug-likeness (QED) is 0.508. The van der Waals surface area contributed by atoms with Crippen LogP contribution in [0.5, 0.6) is 0 Å². The predicted octanol–water partition coefficient (Wildman–Crippen LogP) is 2.40. The van der Waals surface area contributed by atoms with Crippen LogP contribution in [0, 0.1) is 0 Å². The molecular weight excluding hydrogens is 455 g/mol.